The summed E-state index contributed by atoms with van der Waals surface area (Å²) in [5.41, 5.74) is 0.566. The van der Waals surface area contributed by atoms with Crippen LogP contribution in [0.25, 0.3) is 0 Å². The number of amides is 1. The molecule has 3 rings (SSSR count). The van der Waals surface area contributed by atoms with Gasteiger partial charge in [0.15, 0.2) is 0 Å². The van der Waals surface area contributed by atoms with Gasteiger partial charge in [0.2, 0.25) is 0 Å². The minimum absolute atomic E-state index is 0.200. The molecule has 0 aliphatic rings. The summed E-state index contributed by atoms with van der Waals surface area (Å²) < 4.78 is 21.3. The smallest absolute Gasteiger partial charge is 0.251 e. The standard InChI is InChI=1S/C18H16FIN4O2/c19-14-3-7-17(8-4-14)26-10-16(9-24-12-21-11-22-24)23-18(25)13-1-5-15(20)6-2-13/h1-8,11-12,16H,9-10H2,(H,23,25)/t16-/m1/s1. The molecule has 26 heavy (non-hydrogen) atoms. The van der Waals surface area contributed by atoms with Crippen molar-refractivity contribution in [2.24, 2.45) is 0 Å². The molecule has 0 bridgehead atoms. The highest BCUT2D eigenvalue weighted by molar-refractivity contribution is 14.1. The predicted molar refractivity (Wildman–Crippen MR) is 102 cm³/mol. The van der Waals surface area contributed by atoms with Crippen molar-refractivity contribution >= 4 is 28.5 Å². The van der Waals surface area contributed by atoms with Crippen LogP contribution in [0.3, 0.4) is 0 Å². The molecular weight excluding hydrogens is 450 g/mol. The van der Waals surface area contributed by atoms with Crippen LogP contribution in [0.15, 0.2) is 61.2 Å². The van der Waals surface area contributed by atoms with Crippen LogP contribution >= 0.6 is 22.6 Å². The van der Waals surface area contributed by atoms with E-state index in [1.54, 1.807) is 35.3 Å². The minimum atomic E-state index is -0.339. The molecule has 0 radical (unpaired) electrons. The maximum atomic E-state index is 13.0. The number of carbonyl (C=O) groups excluding carboxylic acids is 1. The van der Waals surface area contributed by atoms with E-state index < -0.39 is 0 Å². The van der Waals surface area contributed by atoms with Crippen LogP contribution in [0.1, 0.15) is 10.4 Å². The van der Waals surface area contributed by atoms with Crippen molar-refractivity contribution in [1.29, 1.82) is 0 Å². The molecule has 2 aromatic carbocycles. The van der Waals surface area contributed by atoms with E-state index in [0.717, 1.165) is 3.57 Å². The van der Waals surface area contributed by atoms with E-state index >= 15 is 0 Å². The molecule has 0 aliphatic heterocycles. The topological polar surface area (TPSA) is 69.0 Å². The van der Waals surface area contributed by atoms with E-state index in [4.69, 9.17) is 4.74 Å². The first-order chi connectivity index (χ1) is 12.6. The summed E-state index contributed by atoms with van der Waals surface area (Å²) in [4.78, 5) is 16.4. The van der Waals surface area contributed by atoms with E-state index in [0.29, 0.717) is 17.9 Å². The largest absolute Gasteiger partial charge is 0.491 e. The van der Waals surface area contributed by atoms with Crippen molar-refractivity contribution in [2.45, 2.75) is 12.6 Å². The van der Waals surface area contributed by atoms with E-state index in [9.17, 15) is 9.18 Å². The molecule has 1 N–H and O–H groups in total. The Labute approximate surface area is 163 Å². The first-order valence-electron chi connectivity index (χ1n) is 7.87. The quantitative estimate of drug-likeness (QED) is 0.544. The molecule has 0 saturated heterocycles. The molecule has 0 unspecified atom stereocenters. The number of aromatic nitrogens is 3. The van der Waals surface area contributed by atoms with E-state index in [-0.39, 0.29) is 24.4 Å². The van der Waals surface area contributed by atoms with Crippen molar-refractivity contribution in [3.05, 3.63) is 76.1 Å². The fraction of sp³-hybridized carbons (Fsp3) is 0.167. The Kier molecular flexibility index (Phi) is 6.16. The van der Waals surface area contributed by atoms with Gasteiger partial charge in [-0.05, 0) is 71.1 Å². The van der Waals surface area contributed by atoms with Gasteiger partial charge in [-0.3, -0.25) is 9.48 Å². The summed E-state index contributed by atoms with van der Waals surface area (Å²) in [5, 5.41) is 7.01. The number of rotatable bonds is 7. The lowest BCUT2D eigenvalue weighted by molar-refractivity contribution is 0.0914. The predicted octanol–water partition coefficient (Wildman–Crippen LogP) is 2.90. The molecule has 1 heterocycles. The summed E-state index contributed by atoms with van der Waals surface area (Å²) in [7, 11) is 0. The summed E-state index contributed by atoms with van der Waals surface area (Å²) >= 11 is 2.18. The van der Waals surface area contributed by atoms with Gasteiger partial charge < -0.3 is 10.1 Å². The Morgan fingerprint density at radius 1 is 1.19 bits per heavy atom. The van der Waals surface area contributed by atoms with Crippen molar-refractivity contribution in [3.8, 4) is 5.75 Å². The normalized spacial score (nSPS) is 11.8. The third kappa shape index (κ3) is 5.25. The highest BCUT2D eigenvalue weighted by Crippen LogP contribution is 2.12. The number of ether oxygens (including phenoxy) is 1. The van der Waals surface area contributed by atoms with Crippen molar-refractivity contribution in [2.75, 3.05) is 6.61 Å². The molecule has 0 spiro atoms. The Bertz CT molecular complexity index is 839. The molecule has 3 aromatic rings. The van der Waals surface area contributed by atoms with Gasteiger partial charge in [0.1, 0.15) is 30.8 Å². The fourth-order valence-electron chi connectivity index (χ4n) is 2.29. The molecule has 6 nitrogen and oxygen atoms in total. The number of halogens is 2. The maximum absolute atomic E-state index is 13.0. The fourth-order valence-corrected chi connectivity index (χ4v) is 2.65. The van der Waals surface area contributed by atoms with Crippen LogP contribution < -0.4 is 10.1 Å². The molecule has 0 fully saturated rings. The molecule has 0 saturated carbocycles. The Balaban J connectivity index is 1.66. The van der Waals surface area contributed by atoms with E-state index in [1.165, 1.54) is 18.5 Å². The van der Waals surface area contributed by atoms with Crippen molar-refractivity contribution in [1.82, 2.24) is 20.1 Å². The lowest BCUT2D eigenvalue weighted by Gasteiger charge is -2.19. The van der Waals surface area contributed by atoms with Crippen LogP contribution in [-0.2, 0) is 6.54 Å². The second kappa shape index (κ2) is 8.75. The van der Waals surface area contributed by atoms with Crippen molar-refractivity contribution in [3.63, 3.8) is 0 Å². The number of nitrogens with zero attached hydrogens (tertiary/aromatic N) is 3. The van der Waals surface area contributed by atoms with Gasteiger partial charge in [-0.15, -0.1) is 0 Å². The Morgan fingerprint density at radius 3 is 2.58 bits per heavy atom. The highest BCUT2D eigenvalue weighted by Gasteiger charge is 2.16. The highest BCUT2D eigenvalue weighted by atomic mass is 127. The van der Waals surface area contributed by atoms with E-state index in [1.807, 2.05) is 12.1 Å². The molecule has 1 aromatic heterocycles. The number of hydrogen-bond acceptors (Lipinski definition) is 4. The van der Waals surface area contributed by atoms with Crippen LogP contribution in [0.5, 0.6) is 5.75 Å². The van der Waals surface area contributed by atoms with Crippen LogP contribution in [0.4, 0.5) is 4.39 Å². The zero-order valence-electron chi connectivity index (χ0n) is 13.7. The number of hydrogen-bond donors (Lipinski definition) is 1. The summed E-state index contributed by atoms with van der Waals surface area (Å²) in [5.74, 6) is -0.00347. The molecule has 8 heteroatoms. The molecule has 1 atom stereocenters. The van der Waals surface area contributed by atoms with Crippen LogP contribution in [0.2, 0.25) is 0 Å². The SMILES string of the molecule is O=C(N[C@@H](COc1ccc(F)cc1)Cn1cncn1)c1ccc(I)cc1. The Morgan fingerprint density at radius 2 is 1.92 bits per heavy atom. The van der Waals surface area contributed by atoms with Gasteiger partial charge in [-0.2, -0.15) is 5.10 Å². The lowest BCUT2D eigenvalue weighted by Crippen LogP contribution is -2.42. The number of benzene rings is 2. The molecule has 0 aliphatic carbocycles. The van der Waals surface area contributed by atoms with Gasteiger partial charge in [-0.25, -0.2) is 9.37 Å². The number of nitrogens with one attached hydrogen (secondary N) is 1. The first-order valence-corrected chi connectivity index (χ1v) is 8.95. The zero-order chi connectivity index (χ0) is 18.4. The molecular formula is C18H16FIN4O2. The monoisotopic (exact) mass is 466 g/mol. The molecule has 134 valence electrons. The second-order valence-corrected chi connectivity index (χ2v) is 6.81. The molecule has 1 amide bonds. The third-order valence-electron chi connectivity index (χ3n) is 3.58. The maximum Gasteiger partial charge on any atom is 0.251 e. The van der Waals surface area contributed by atoms with E-state index in [2.05, 4.69) is 38.0 Å². The van der Waals surface area contributed by atoms with Gasteiger partial charge >= 0.3 is 0 Å². The number of carbonyl (C=O) groups is 1. The summed E-state index contributed by atoms with van der Waals surface area (Å²) in [6.45, 7) is 0.610. The zero-order valence-corrected chi connectivity index (χ0v) is 15.8. The summed E-state index contributed by atoms with van der Waals surface area (Å²) in [6, 6.07) is 12.7. The van der Waals surface area contributed by atoms with Gasteiger partial charge in [-0.1, -0.05) is 0 Å². The van der Waals surface area contributed by atoms with Gasteiger partial charge in [0, 0.05) is 9.13 Å². The average molecular weight is 466 g/mol. The second-order valence-electron chi connectivity index (χ2n) is 5.56. The lowest BCUT2D eigenvalue weighted by atomic mass is 10.2. The van der Waals surface area contributed by atoms with Crippen molar-refractivity contribution < 1.29 is 13.9 Å². The van der Waals surface area contributed by atoms with Crippen LogP contribution in [0, 0.1) is 9.39 Å². The average Bonchev–Trinajstić information content (AvgIpc) is 3.14. The van der Waals surface area contributed by atoms with Crippen LogP contribution in [-0.4, -0.2) is 33.3 Å². The third-order valence-corrected chi connectivity index (χ3v) is 4.30. The van der Waals surface area contributed by atoms with Gasteiger partial charge in [0.25, 0.3) is 5.91 Å². The summed E-state index contributed by atoms with van der Waals surface area (Å²) in [6.07, 6.45) is 3.00. The Hall–Kier alpha value is -2.49. The minimum Gasteiger partial charge on any atom is -0.491 e. The first kappa shape index (κ1) is 18.3. The van der Waals surface area contributed by atoms with Gasteiger partial charge in [0.05, 0.1) is 12.6 Å².